The summed E-state index contributed by atoms with van der Waals surface area (Å²) in [7, 11) is -1.10. The van der Waals surface area contributed by atoms with Crippen molar-refractivity contribution < 1.29 is 13.2 Å². The SMILES string of the molecule is CC(=O)Nc1ccc(Nc2cc(N(C)C3CCS(=O)(=O)C3)ncn2)cc1. The highest BCUT2D eigenvalue weighted by Crippen LogP contribution is 2.24. The zero-order chi connectivity index (χ0) is 18.7. The van der Waals surface area contributed by atoms with Gasteiger partial charge in [-0.3, -0.25) is 4.79 Å². The maximum atomic E-state index is 11.7. The van der Waals surface area contributed by atoms with Crippen molar-refractivity contribution in [1.29, 1.82) is 0 Å². The number of sulfone groups is 1. The summed E-state index contributed by atoms with van der Waals surface area (Å²) in [5, 5.41) is 5.89. The van der Waals surface area contributed by atoms with E-state index in [-0.39, 0.29) is 23.5 Å². The van der Waals surface area contributed by atoms with E-state index in [0.29, 0.717) is 23.7 Å². The summed E-state index contributed by atoms with van der Waals surface area (Å²) in [5.41, 5.74) is 1.53. The molecule has 1 saturated heterocycles. The van der Waals surface area contributed by atoms with Crippen LogP contribution in [0.2, 0.25) is 0 Å². The smallest absolute Gasteiger partial charge is 0.221 e. The third kappa shape index (κ3) is 4.48. The molecule has 26 heavy (non-hydrogen) atoms. The Balaban J connectivity index is 1.70. The molecule has 1 atom stereocenters. The number of hydrogen-bond acceptors (Lipinski definition) is 7. The second-order valence-corrected chi connectivity index (χ2v) is 8.54. The molecule has 3 rings (SSSR count). The molecule has 2 aromatic rings. The highest BCUT2D eigenvalue weighted by atomic mass is 32.2. The van der Waals surface area contributed by atoms with Crippen LogP contribution in [-0.4, -0.2) is 48.9 Å². The molecular weight excluding hydrogens is 354 g/mol. The van der Waals surface area contributed by atoms with Crippen molar-refractivity contribution in [1.82, 2.24) is 9.97 Å². The molecule has 2 N–H and O–H groups in total. The van der Waals surface area contributed by atoms with Gasteiger partial charge in [-0.25, -0.2) is 18.4 Å². The molecule has 1 aliphatic heterocycles. The van der Waals surface area contributed by atoms with Crippen LogP contribution in [-0.2, 0) is 14.6 Å². The van der Waals surface area contributed by atoms with Gasteiger partial charge in [0, 0.05) is 37.5 Å². The third-order valence-corrected chi connectivity index (χ3v) is 6.00. The van der Waals surface area contributed by atoms with Crippen LogP contribution in [0.4, 0.5) is 23.0 Å². The zero-order valence-electron chi connectivity index (χ0n) is 14.6. The number of nitrogens with zero attached hydrogens (tertiary/aromatic N) is 3. The van der Waals surface area contributed by atoms with Crippen molar-refractivity contribution >= 4 is 38.8 Å². The van der Waals surface area contributed by atoms with Crippen molar-refractivity contribution in [3.05, 3.63) is 36.7 Å². The van der Waals surface area contributed by atoms with E-state index in [4.69, 9.17) is 0 Å². The molecule has 0 aliphatic carbocycles. The van der Waals surface area contributed by atoms with Crippen LogP contribution in [0.5, 0.6) is 0 Å². The Kier molecular flexibility index (Phi) is 5.08. The van der Waals surface area contributed by atoms with E-state index in [9.17, 15) is 13.2 Å². The number of hydrogen-bond donors (Lipinski definition) is 2. The lowest BCUT2D eigenvalue weighted by atomic mass is 10.2. The zero-order valence-corrected chi connectivity index (χ0v) is 15.5. The Labute approximate surface area is 152 Å². The normalized spacial score (nSPS) is 18.3. The highest BCUT2D eigenvalue weighted by Gasteiger charge is 2.31. The van der Waals surface area contributed by atoms with E-state index in [1.165, 1.54) is 13.3 Å². The van der Waals surface area contributed by atoms with Crippen LogP contribution in [0.3, 0.4) is 0 Å². The lowest BCUT2D eigenvalue weighted by Gasteiger charge is -2.24. The van der Waals surface area contributed by atoms with Crippen LogP contribution in [0.25, 0.3) is 0 Å². The van der Waals surface area contributed by atoms with E-state index >= 15 is 0 Å². The van der Waals surface area contributed by atoms with Crippen LogP contribution in [0, 0.1) is 0 Å². The predicted octanol–water partition coefficient (Wildman–Crippen LogP) is 1.80. The summed E-state index contributed by atoms with van der Waals surface area (Å²) in [4.78, 5) is 21.4. The fraction of sp³-hybridized carbons (Fsp3) is 0.353. The Morgan fingerprint density at radius 3 is 2.50 bits per heavy atom. The number of nitrogens with one attached hydrogen (secondary N) is 2. The second-order valence-electron chi connectivity index (χ2n) is 6.31. The van der Waals surface area contributed by atoms with Gasteiger partial charge in [0.1, 0.15) is 18.0 Å². The third-order valence-electron chi connectivity index (χ3n) is 4.25. The van der Waals surface area contributed by atoms with Gasteiger partial charge in [0.2, 0.25) is 5.91 Å². The first kappa shape index (κ1) is 18.1. The summed E-state index contributed by atoms with van der Waals surface area (Å²) < 4.78 is 23.4. The average Bonchev–Trinajstić information content (AvgIpc) is 2.96. The summed E-state index contributed by atoms with van der Waals surface area (Å²) in [6, 6.07) is 8.97. The average molecular weight is 375 g/mol. The Hall–Kier alpha value is -2.68. The van der Waals surface area contributed by atoms with E-state index in [2.05, 4.69) is 20.6 Å². The molecule has 1 fully saturated rings. The summed E-state index contributed by atoms with van der Waals surface area (Å²) in [6.07, 6.45) is 2.06. The Morgan fingerprint density at radius 2 is 1.88 bits per heavy atom. The maximum absolute atomic E-state index is 11.7. The van der Waals surface area contributed by atoms with Gasteiger partial charge in [0.15, 0.2) is 9.84 Å². The first-order chi connectivity index (χ1) is 12.3. The van der Waals surface area contributed by atoms with Crippen molar-refractivity contribution in [2.24, 2.45) is 0 Å². The monoisotopic (exact) mass is 375 g/mol. The number of rotatable bonds is 5. The predicted molar refractivity (Wildman–Crippen MR) is 102 cm³/mol. The number of benzene rings is 1. The lowest BCUT2D eigenvalue weighted by Crippen LogP contribution is -2.33. The van der Waals surface area contributed by atoms with Crippen LogP contribution >= 0.6 is 0 Å². The van der Waals surface area contributed by atoms with Gasteiger partial charge in [-0.2, -0.15) is 0 Å². The van der Waals surface area contributed by atoms with Crippen molar-refractivity contribution in [2.75, 3.05) is 34.1 Å². The fourth-order valence-corrected chi connectivity index (χ4v) is 4.64. The number of carbonyl (C=O) groups excluding carboxylic acids is 1. The summed E-state index contributed by atoms with van der Waals surface area (Å²) in [5.74, 6) is 1.53. The minimum atomic E-state index is -2.95. The first-order valence-corrected chi connectivity index (χ1v) is 10.0. The lowest BCUT2D eigenvalue weighted by molar-refractivity contribution is -0.114. The van der Waals surface area contributed by atoms with Crippen LogP contribution in [0.1, 0.15) is 13.3 Å². The van der Waals surface area contributed by atoms with Gasteiger partial charge in [0.25, 0.3) is 0 Å². The molecule has 1 aliphatic rings. The molecule has 1 aromatic heterocycles. The minimum Gasteiger partial charge on any atom is -0.355 e. The second kappa shape index (κ2) is 7.28. The molecule has 9 heteroatoms. The van der Waals surface area contributed by atoms with Gasteiger partial charge >= 0.3 is 0 Å². The number of aromatic nitrogens is 2. The molecular formula is C17H21N5O3S. The van der Waals surface area contributed by atoms with E-state index in [1.807, 2.05) is 24.1 Å². The fourth-order valence-electron chi connectivity index (χ4n) is 2.86. The maximum Gasteiger partial charge on any atom is 0.221 e. The molecule has 0 saturated carbocycles. The number of carbonyl (C=O) groups is 1. The molecule has 1 unspecified atom stereocenters. The van der Waals surface area contributed by atoms with Crippen molar-refractivity contribution in [3.8, 4) is 0 Å². The van der Waals surface area contributed by atoms with Crippen molar-refractivity contribution in [3.63, 3.8) is 0 Å². The summed E-state index contributed by atoms with van der Waals surface area (Å²) in [6.45, 7) is 1.46. The van der Waals surface area contributed by atoms with E-state index in [0.717, 1.165) is 5.69 Å². The van der Waals surface area contributed by atoms with Crippen molar-refractivity contribution in [2.45, 2.75) is 19.4 Å². The topological polar surface area (TPSA) is 104 Å². The van der Waals surface area contributed by atoms with Gasteiger partial charge in [0.05, 0.1) is 11.5 Å². The van der Waals surface area contributed by atoms with Crippen LogP contribution in [0.15, 0.2) is 36.7 Å². The molecule has 2 heterocycles. The molecule has 1 amide bonds. The van der Waals surface area contributed by atoms with Gasteiger partial charge in [-0.15, -0.1) is 0 Å². The molecule has 0 radical (unpaired) electrons. The Morgan fingerprint density at radius 1 is 1.19 bits per heavy atom. The minimum absolute atomic E-state index is 0.0697. The Bertz CT molecular complexity index is 899. The molecule has 138 valence electrons. The van der Waals surface area contributed by atoms with Gasteiger partial charge in [-0.05, 0) is 30.7 Å². The molecule has 1 aromatic carbocycles. The first-order valence-electron chi connectivity index (χ1n) is 8.22. The molecule has 0 spiro atoms. The molecule has 8 nitrogen and oxygen atoms in total. The summed E-state index contributed by atoms with van der Waals surface area (Å²) >= 11 is 0. The number of amides is 1. The molecule has 0 bridgehead atoms. The quantitative estimate of drug-likeness (QED) is 0.821. The van der Waals surface area contributed by atoms with E-state index < -0.39 is 9.84 Å². The highest BCUT2D eigenvalue weighted by molar-refractivity contribution is 7.91. The van der Waals surface area contributed by atoms with Gasteiger partial charge in [-0.1, -0.05) is 0 Å². The largest absolute Gasteiger partial charge is 0.355 e. The van der Waals surface area contributed by atoms with Crippen LogP contribution < -0.4 is 15.5 Å². The van der Waals surface area contributed by atoms with E-state index in [1.54, 1.807) is 18.2 Å². The number of anilines is 4. The standard InChI is InChI=1S/C17H21N5O3S/c1-12(23)20-13-3-5-14(6-4-13)21-16-9-17(19-11-18-16)22(2)15-7-8-26(24,25)10-15/h3-6,9,11,15H,7-8,10H2,1-2H3,(H,20,23)(H,18,19,21). The van der Waals surface area contributed by atoms with Gasteiger partial charge < -0.3 is 15.5 Å².